The van der Waals surface area contributed by atoms with Gasteiger partial charge in [-0.2, -0.15) is 5.10 Å². The summed E-state index contributed by atoms with van der Waals surface area (Å²) in [6.45, 7) is 6.62. The molecule has 3 aromatic rings. The number of carbonyl (C=O) groups excluding carboxylic acids is 1. The number of rotatable bonds is 6. The van der Waals surface area contributed by atoms with E-state index >= 15 is 0 Å². The number of aromatic nitrogens is 2. The first-order chi connectivity index (χ1) is 15.8. The summed E-state index contributed by atoms with van der Waals surface area (Å²) in [5, 5.41) is 17.9. The van der Waals surface area contributed by atoms with Gasteiger partial charge in [-0.3, -0.25) is 19.7 Å². The van der Waals surface area contributed by atoms with Crippen molar-refractivity contribution in [3.05, 3.63) is 86.3 Å². The number of nitrogens with one attached hydrogen (secondary N) is 2. The Morgan fingerprint density at radius 1 is 1.09 bits per heavy atom. The summed E-state index contributed by atoms with van der Waals surface area (Å²) < 4.78 is 28.8. The van der Waals surface area contributed by atoms with E-state index in [0.717, 1.165) is 10.7 Å². The quantitative estimate of drug-likeness (QED) is 0.402. The van der Waals surface area contributed by atoms with E-state index in [0.29, 0.717) is 0 Å². The number of nitro benzene ring substituents is 1. The van der Waals surface area contributed by atoms with Gasteiger partial charge in [-0.15, -0.1) is 0 Å². The van der Waals surface area contributed by atoms with E-state index < -0.39 is 37.5 Å². The number of sulfonamides is 1. The first-order valence-corrected chi connectivity index (χ1v) is 11.6. The van der Waals surface area contributed by atoms with Crippen LogP contribution in [0.5, 0.6) is 0 Å². The van der Waals surface area contributed by atoms with Crippen LogP contribution < -0.4 is 15.5 Å². The number of anilines is 1. The predicted octanol–water partition coefficient (Wildman–Crippen LogP) is 2.78. The van der Waals surface area contributed by atoms with Crippen LogP contribution >= 0.6 is 0 Å². The molecule has 0 unspecified atom stereocenters. The van der Waals surface area contributed by atoms with Gasteiger partial charge in [0.1, 0.15) is 5.69 Å². The van der Waals surface area contributed by atoms with Crippen molar-refractivity contribution >= 4 is 27.3 Å². The average molecular weight is 486 g/mol. The number of hydrogen-bond acceptors (Lipinski definition) is 7. The molecule has 1 aromatic heterocycles. The molecule has 0 saturated heterocycles. The molecule has 3 rings (SSSR count). The molecule has 12 heteroatoms. The topological polar surface area (TPSA) is 153 Å². The normalized spacial score (nSPS) is 11.8. The lowest BCUT2D eigenvalue weighted by atomic mass is 10.1. The van der Waals surface area contributed by atoms with Gasteiger partial charge >= 0.3 is 0 Å². The fourth-order valence-corrected chi connectivity index (χ4v) is 4.60. The molecule has 0 saturated carbocycles. The monoisotopic (exact) mass is 485 g/mol. The minimum Gasteiger partial charge on any atom is -0.320 e. The third-order valence-electron chi connectivity index (χ3n) is 4.47. The number of aryl methyl sites for hydroxylation is 1. The molecule has 0 aliphatic carbocycles. The number of benzene rings is 2. The smallest absolute Gasteiger partial charge is 0.294 e. The van der Waals surface area contributed by atoms with Crippen LogP contribution in [0, 0.1) is 17.0 Å². The number of nitro groups is 1. The molecular formula is C22H23N5O6S. The fourth-order valence-electron chi connectivity index (χ4n) is 3.14. The van der Waals surface area contributed by atoms with Gasteiger partial charge in [-0.1, -0.05) is 18.2 Å². The second kappa shape index (κ2) is 9.15. The van der Waals surface area contributed by atoms with Crippen molar-refractivity contribution in [1.29, 1.82) is 0 Å². The van der Waals surface area contributed by atoms with Crippen molar-refractivity contribution in [2.24, 2.45) is 0 Å². The van der Waals surface area contributed by atoms with Crippen molar-refractivity contribution in [1.82, 2.24) is 14.5 Å². The highest BCUT2D eigenvalue weighted by molar-refractivity contribution is 7.89. The lowest BCUT2D eigenvalue weighted by Crippen LogP contribution is -2.40. The maximum absolute atomic E-state index is 12.9. The molecular weight excluding hydrogens is 462 g/mol. The van der Waals surface area contributed by atoms with Gasteiger partial charge in [-0.25, -0.2) is 17.8 Å². The van der Waals surface area contributed by atoms with E-state index in [-0.39, 0.29) is 27.7 Å². The Balaban J connectivity index is 1.98. The minimum absolute atomic E-state index is 0.0746. The summed E-state index contributed by atoms with van der Waals surface area (Å²) in [6.07, 6.45) is 0. The van der Waals surface area contributed by atoms with Crippen LogP contribution in [0.25, 0.3) is 5.69 Å². The standard InChI is InChI=1S/C22H23N5O6S/c1-14-12-19(28)20(24-26(14)17-10-5-6-11-18(17)27(30)31)21(29)23-15-8-7-9-16(13-15)34(32,33)25-22(2,3)4/h5-13,25H,1-4H3,(H,23,29). The Bertz CT molecular complexity index is 1440. The zero-order chi connectivity index (χ0) is 25.3. The van der Waals surface area contributed by atoms with Crippen molar-refractivity contribution < 1.29 is 18.1 Å². The summed E-state index contributed by atoms with van der Waals surface area (Å²) in [4.78, 5) is 36.1. The highest BCUT2D eigenvalue weighted by Crippen LogP contribution is 2.22. The molecule has 1 amide bonds. The lowest BCUT2D eigenvalue weighted by molar-refractivity contribution is -0.384. The van der Waals surface area contributed by atoms with Gasteiger partial charge in [-0.05, 0) is 52.0 Å². The molecule has 1 heterocycles. The average Bonchev–Trinajstić information content (AvgIpc) is 2.72. The third-order valence-corrected chi connectivity index (χ3v) is 6.23. The van der Waals surface area contributed by atoms with E-state index in [1.807, 2.05) is 0 Å². The summed E-state index contributed by atoms with van der Waals surface area (Å²) in [5.74, 6) is -0.893. The van der Waals surface area contributed by atoms with E-state index in [2.05, 4.69) is 15.1 Å². The minimum atomic E-state index is -3.86. The Hall–Kier alpha value is -3.90. The van der Waals surface area contributed by atoms with Crippen molar-refractivity contribution in [3.63, 3.8) is 0 Å². The van der Waals surface area contributed by atoms with Crippen LogP contribution in [-0.4, -0.2) is 34.6 Å². The predicted molar refractivity (Wildman–Crippen MR) is 126 cm³/mol. The number of amides is 1. The van der Waals surface area contributed by atoms with Gasteiger partial charge < -0.3 is 5.32 Å². The summed E-state index contributed by atoms with van der Waals surface area (Å²) in [5.41, 5.74) is -1.67. The number of hydrogen-bond donors (Lipinski definition) is 2. The van der Waals surface area contributed by atoms with Crippen molar-refractivity contribution in [3.8, 4) is 5.69 Å². The van der Waals surface area contributed by atoms with Gasteiger partial charge in [0.2, 0.25) is 15.5 Å². The van der Waals surface area contributed by atoms with E-state index in [4.69, 9.17) is 0 Å². The van der Waals surface area contributed by atoms with Gasteiger partial charge in [0.25, 0.3) is 11.6 Å². The van der Waals surface area contributed by atoms with Crippen LogP contribution in [0.2, 0.25) is 0 Å². The second-order valence-corrected chi connectivity index (χ2v) is 10.2. The third kappa shape index (κ3) is 5.53. The molecule has 2 aromatic carbocycles. The van der Waals surface area contributed by atoms with Crippen LogP contribution in [0.1, 0.15) is 37.0 Å². The van der Waals surface area contributed by atoms with Gasteiger partial charge in [0.15, 0.2) is 5.69 Å². The molecule has 0 fully saturated rings. The molecule has 178 valence electrons. The molecule has 11 nitrogen and oxygen atoms in total. The Kier molecular flexibility index (Phi) is 6.66. The highest BCUT2D eigenvalue weighted by atomic mass is 32.2. The van der Waals surface area contributed by atoms with E-state index in [1.165, 1.54) is 49.4 Å². The largest absolute Gasteiger partial charge is 0.320 e. The zero-order valence-corrected chi connectivity index (χ0v) is 19.7. The summed E-state index contributed by atoms with van der Waals surface area (Å²) >= 11 is 0. The maximum atomic E-state index is 12.9. The number of para-hydroxylation sites is 2. The van der Waals surface area contributed by atoms with Crippen molar-refractivity contribution in [2.45, 2.75) is 38.1 Å². The molecule has 0 aliphatic rings. The van der Waals surface area contributed by atoms with Gasteiger partial charge in [0.05, 0.1) is 9.82 Å². The Morgan fingerprint density at radius 2 is 1.76 bits per heavy atom. The molecule has 0 bridgehead atoms. The lowest BCUT2D eigenvalue weighted by Gasteiger charge is -2.20. The fraction of sp³-hybridized carbons (Fsp3) is 0.227. The first kappa shape index (κ1) is 24.7. The first-order valence-electron chi connectivity index (χ1n) is 10.1. The Morgan fingerprint density at radius 3 is 2.41 bits per heavy atom. The van der Waals surface area contributed by atoms with E-state index in [9.17, 15) is 28.1 Å². The Labute approximate surface area is 195 Å². The van der Waals surface area contributed by atoms with Crippen LogP contribution in [0.4, 0.5) is 11.4 Å². The van der Waals surface area contributed by atoms with Crippen molar-refractivity contribution in [2.75, 3.05) is 5.32 Å². The van der Waals surface area contributed by atoms with Crippen LogP contribution in [0.3, 0.4) is 0 Å². The van der Waals surface area contributed by atoms with E-state index in [1.54, 1.807) is 26.8 Å². The molecule has 2 N–H and O–H groups in total. The second-order valence-electron chi connectivity index (χ2n) is 8.49. The van der Waals surface area contributed by atoms with Gasteiger partial charge in [0, 0.05) is 29.1 Å². The van der Waals surface area contributed by atoms with Crippen LogP contribution in [-0.2, 0) is 10.0 Å². The molecule has 34 heavy (non-hydrogen) atoms. The maximum Gasteiger partial charge on any atom is 0.294 e. The number of nitrogens with zero attached hydrogens (tertiary/aromatic N) is 3. The molecule has 0 atom stereocenters. The molecule has 0 aliphatic heterocycles. The molecule has 0 spiro atoms. The number of carbonyl (C=O) groups is 1. The summed E-state index contributed by atoms with van der Waals surface area (Å²) in [6, 6.07) is 12.5. The highest BCUT2D eigenvalue weighted by Gasteiger charge is 2.23. The summed E-state index contributed by atoms with van der Waals surface area (Å²) in [7, 11) is -3.86. The molecule has 0 radical (unpaired) electrons. The SMILES string of the molecule is Cc1cc(=O)c(C(=O)Nc2cccc(S(=O)(=O)NC(C)(C)C)c2)nn1-c1ccccc1[N+](=O)[O-]. The zero-order valence-electron chi connectivity index (χ0n) is 18.9. The van der Waals surface area contributed by atoms with Crippen LogP contribution in [0.15, 0.2) is 64.3 Å².